The molecule has 1 amide bonds. The van der Waals surface area contributed by atoms with Crippen molar-refractivity contribution in [3.8, 4) is 0 Å². The smallest absolute Gasteiger partial charge is 0.238 e. The number of carbonyl (C=O) groups is 1. The molecule has 0 fully saturated rings. The monoisotopic (exact) mass is 332 g/mol. The second-order valence-corrected chi connectivity index (χ2v) is 7.54. The number of rotatable bonds is 6. The van der Waals surface area contributed by atoms with Crippen molar-refractivity contribution in [3.05, 3.63) is 23.2 Å². The number of nitrogens with one attached hydrogen (secondary N) is 1. The normalized spacial score (nSPS) is 13.2. The van der Waals surface area contributed by atoms with Crippen LogP contribution in [-0.2, 0) is 14.6 Å². The van der Waals surface area contributed by atoms with Crippen molar-refractivity contribution < 1.29 is 13.2 Å². The molecule has 0 aliphatic carbocycles. The molecule has 0 saturated carbocycles. The second-order valence-electron chi connectivity index (χ2n) is 4.90. The molecule has 0 radical (unpaired) electrons. The van der Waals surface area contributed by atoms with Crippen LogP contribution in [0.4, 0.5) is 5.69 Å². The first-order chi connectivity index (χ1) is 9.73. The molecule has 0 aliphatic rings. The van der Waals surface area contributed by atoms with E-state index in [1.54, 1.807) is 0 Å². The molecule has 1 rings (SSSR count). The van der Waals surface area contributed by atoms with E-state index in [0.29, 0.717) is 0 Å². The van der Waals surface area contributed by atoms with Crippen LogP contribution in [0.3, 0.4) is 0 Å². The minimum absolute atomic E-state index is 0.0357. The Bertz CT molecular complexity index is 613. The summed E-state index contributed by atoms with van der Waals surface area (Å²) >= 11 is 5.92. The van der Waals surface area contributed by atoms with Crippen LogP contribution in [0.5, 0.6) is 0 Å². The summed E-state index contributed by atoms with van der Waals surface area (Å²) in [6.45, 7) is 5.22. The van der Waals surface area contributed by atoms with Gasteiger partial charge in [0.1, 0.15) is 5.25 Å². The summed E-state index contributed by atoms with van der Waals surface area (Å²) in [6, 6.07) is 4.16. The van der Waals surface area contributed by atoms with Crippen LogP contribution in [0, 0.1) is 0 Å². The molecule has 7 heteroatoms. The van der Waals surface area contributed by atoms with Gasteiger partial charge in [-0.3, -0.25) is 4.79 Å². The van der Waals surface area contributed by atoms with Gasteiger partial charge in [0.05, 0.1) is 9.92 Å². The topological polar surface area (TPSA) is 89.3 Å². The standard InChI is InChI=1S/C14H21ClN2O3S/c1-4-11(5-2)17-14(18)9(3)21(19,20)13-8-10(16)6-7-12(13)15/h6-9,11H,4-5,16H2,1-3H3,(H,17,18). The van der Waals surface area contributed by atoms with Gasteiger partial charge in [-0.25, -0.2) is 8.42 Å². The fourth-order valence-corrected chi connectivity index (χ4v) is 3.69. The van der Waals surface area contributed by atoms with Gasteiger partial charge < -0.3 is 11.1 Å². The lowest BCUT2D eigenvalue weighted by molar-refractivity contribution is -0.121. The Morgan fingerprint density at radius 3 is 2.43 bits per heavy atom. The van der Waals surface area contributed by atoms with Crippen molar-refractivity contribution in [1.29, 1.82) is 0 Å². The first kappa shape index (κ1) is 17.8. The van der Waals surface area contributed by atoms with E-state index in [4.69, 9.17) is 17.3 Å². The molecule has 0 heterocycles. The third kappa shape index (κ3) is 4.11. The number of benzene rings is 1. The number of sulfone groups is 1. The maximum Gasteiger partial charge on any atom is 0.238 e. The number of nitrogens with two attached hydrogens (primary N) is 1. The third-order valence-electron chi connectivity index (χ3n) is 3.43. The van der Waals surface area contributed by atoms with E-state index >= 15 is 0 Å². The predicted molar refractivity (Wildman–Crippen MR) is 85.0 cm³/mol. The number of hydrogen-bond acceptors (Lipinski definition) is 4. The van der Waals surface area contributed by atoms with Crippen molar-refractivity contribution in [2.75, 3.05) is 5.73 Å². The summed E-state index contributed by atoms with van der Waals surface area (Å²) in [4.78, 5) is 12.0. The van der Waals surface area contributed by atoms with Crippen LogP contribution in [0.1, 0.15) is 33.6 Å². The SMILES string of the molecule is CCC(CC)NC(=O)C(C)S(=O)(=O)c1cc(N)ccc1Cl. The molecule has 0 saturated heterocycles. The fraction of sp³-hybridized carbons (Fsp3) is 0.500. The Kier molecular flexibility index (Phi) is 6.04. The van der Waals surface area contributed by atoms with Gasteiger partial charge in [-0.2, -0.15) is 0 Å². The summed E-state index contributed by atoms with van der Waals surface area (Å²) < 4.78 is 25.0. The van der Waals surface area contributed by atoms with Gasteiger partial charge in [-0.1, -0.05) is 25.4 Å². The number of nitrogen functional groups attached to an aromatic ring is 1. The largest absolute Gasteiger partial charge is 0.399 e. The van der Waals surface area contributed by atoms with Crippen molar-refractivity contribution in [3.63, 3.8) is 0 Å². The van der Waals surface area contributed by atoms with Gasteiger partial charge >= 0.3 is 0 Å². The average molecular weight is 333 g/mol. The minimum Gasteiger partial charge on any atom is -0.399 e. The second kappa shape index (κ2) is 7.13. The molecule has 0 spiro atoms. The van der Waals surface area contributed by atoms with E-state index in [-0.39, 0.29) is 21.6 Å². The zero-order chi connectivity index (χ0) is 16.2. The maximum absolute atomic E-state index is 12.5. The lowest BCUT2D eigenvalue weighted by Gasteiger charge is -2.19. The highest BCUT2D eigenvalue weighted by Crippen LogP contribution is 2.27. The van der Waals surface area contributed by atoms with Crippen molar-refractivity contribution >= 4 is 33.0 Å². The van der Waals surface area contributed by atoms with Crippen molar-refractivity contribution in [1.82, 2.24) is 5.32 Å². The molecule has 0 bridgehead atoms. The van der Waals surface area contributed by atoms with Crippen molar-refractivity contribution in [2.45, 2.75) is 49.8 Å². The van der Waals surface area contributed by atoms with E-state index < -0.39 is 21.0 Å². The molecular weight excluding hydrogens is 312 g/mol. The molecule has 0 aliphatic heterocycles. The Hall–Kier alpha value is -1.27. The Morgan fingerprint density at radius 2 is 1.90 bits per heavy atom. The lowest BCUT2D eigenvalue weighted by atomic mass is 10.2. The highest BCUT2D eigenvalue weighted by molar-refractivity contribution is 7.92. The van der Waals surface area contributed by atoms with Gasteiger partial charge in [-0.05, 0) is 38.0 Å². The zero-order valence-corrected chi connectivity index (χ0v) is 14.0. The quantitative estimate of drug-likeness (QED) is 0.783. The molecule has 5 nitrogen and oxygen atoms in total. The van der Waals surface area contributed by atoms with Crippen LogP contribution in [0.15, 0.2) is 23.1 Å². The fourth-order valence-electron chi connectivity index (χ4n) is 1.88. The summed E-state index contributed by atoms with van der Waals surface area (Å²) in [5, 5.41) is 1.57. The van der Waals surface area contributed by atoms with E-state index in [2.05, 4.69) is 5.32 Å². The first-order valence-corrected chi connectivity index (χ1v) is 8.75. The predicted octanol–water partition coefficient (Wildman–Crippen LogP) is 2.39. The first-order valence-electron chi connectivity index (χ1n) is 6.83. The van der Waals surface area contributed by atoms with E-state index in [1.807, 2.05) is 13.8 Å². The van der Waals surface area contributed by atoms with E-state index in [1.165, 1.54) is 25.1 Å². The Balaban J connectivity index is 3.07. The average Bonchev–Trinajstić information content (AvgIpc) is 2.45. The van der Waals surface area contributed by atoms with Crippen LogP contribution in [-0.4, -0.2) is 25.6 Å². The van der Waals surface area contributed by atoms with Crippen molar-refractivity contribution in [2.24, 2.45) is 0 Å². The van der Waals surface area contributed by atoms with Gasteiger partial charge in [0.25, 0.3) is 0 Å². The molecule has 1 unspecified atom stereocenters. The summed E-state index contributed by atoms with van der Waals surface area (Å²) in [5.41, 5.74) is 5.88. The molecule has 1 aromatic carbocycles. The number of hydrogen-bond donors (Lipinski definition) is 2. The maximum atomic E-state index is 12.5. The van der Waals surface area contributed by atoms with Gasteiger partial charge in [0.15, 0.2) is 9.84 Å². The van der Waals surface area contributed by atoms with Gasteiger partial charge in [-0.15, -0.1) is 0 Å². The van der Waals surface area contributed by atoms with Crippen LogP contribution in [0.25, 0.3) is 0 Å². The lowest BCUT2D eigenvalue weighted by Crippen LogP contribution is -2.43. The molecule has 3 N–H and O–H groups in total. The Labute approximate surface area is 130 Å². The van der Waals surface area contributed by atoms with E-state index in [9.17, 15) is 13.2 Å². The molecule has 0 aromatic heterocycles. The summed E-state index contributed by atoms with van der Waals surface area (Å²) in [7, 11) is -3.88. The van der Waals surface area contributed by atoms with Gasteiger partial charge in [0.2, 0.25) is 5.91 Å². The Morgan fingerprint density at radius 1 is 1.33 bits per heavy atom. The number of halogens is 1. The van der Waals surface area contributed by atoms with Gasteiger partial charge in [0, 0.05) is 11.7 Å². The molecule has 1 aromatic rings. The summed E-state index contributed by atoms with van der Waals surface area (Å²) in [5.74, 6) is -0.526. The van der Waals surface area contributed by atoms with Crippen LogP contribution in [0.2, 0.25) is 5.02 Å². The van der Waals surface area contributed by atoms with E-state index in [0.717, 1.165) is 12.8 Å². The molecular formula is C14H21ClN2O3S. The minimum atomic E-state index is -3.88. The number of carbonyl (C=O) groups excluding carboxylic acids is 1. The zero-order valence-electron chi connectivity index (χ0n) is 12.4. The third-order valence-corrected chi connectivity index (χ3v) is 5.97. The highest BCUT2D eigenvalue weighted by atomic mass is 35.5. The number of anilines is 1. The molecule has 1 atom stereocenters. The van der Waals surface area contributed by atoms with Crippen LogP contribution >= 0.6 is 11.6 Å². The van der Waals surface area contributed by atoms with Crippen LogP contribution < -0.4 is 11.1 Å². The molecule has 21 heavy (non-hydrogen) atoms. The summed E-state index contributed by atoms with van der Waals surface area (Å²) in [6.07, 6.45) is 1.49. The number of amides is 1. The molecule has 118 valence electrons. The highest BCUT2D eigenvalue weighted by Gasteiger charge is 2.32.